The summed E-state index contributed by atoms with van der Waals surface area (Å²) in [7, 11) is 3.27. The molecule has 0 radical (unpaired) electrons. The second kappa shape index (κ2) is 4.19. The van der Waals surface area contributed by atoms with Gasteiger partial charge in [-0.15, -0.1) is 0 Å². The van der Waals surface area contributed by atoms with Crippen LogP contribution < -0.4 is 0 Å². The predicted molar refractivity (Wildman–Crippen MR) is 42.1 cm³/mol. The van der Waals surface area contributed by atoms with Gasteiger partial charge < -0.3 is 0 Å². The van der Waals surface area contributed by atoms with E-state index < -0.39 is 4.09 Å². The van der Waals surface area contributed by atoms with Crippen LogP contribution in [0.1, 0.15) is 5.56 Å². The zero-order valence-electron chi connectivity index (χ0n) is 7.20. The maximum atomic E-state index is 5.25. The minimum absolute atomic E-state index is 0.624. The molecule has 0 bridgehead atoms. The van der Waals surface area contributed by atoms with Crippen LogP contribution in [0, 0.1) is 0 Å². The Bertz CT molecular complexity index is 232. The van der Waals surface area contributed by atoms with Crippen LogP contribution in [0.25, 0.3) is 0 Å². The summed E-state index contributed by atoms with van der Waals surface area (Å²) in [4.78, 5) is 0. The first-order valence-corrected chi connectivity index (χ1v) is 4.42. The number of hydrogen-bond donors (Lipinski definition) is 0. The normalized spacial score (nSPS) is 11.4. The Morgan fingerprint density at radius 2 is 1.58 bits per heavy atom. The van der Waals surface area contributed by atoms with E-state index in [4.69, 9.17) is 9.47 Å². The van der Waals surface area contributed by atoms with Gasteiger partial charge in [0.05, 0.1) is 0 Å². The van der Waals surface area contributed by atoms with E-state index in [9.17, 15) is 0 Å². The van der Waals surface area contributed by atoms with Crippen LogP contribution in [-0.4, -0.2) is 14.2 Å². The number of benzene rings is 1. The van der Waals surface area contributed by atoms with Crippen molar-refractivity contribution in [3.8, 4) is 0 Å². The molecule has 0 unspecified atom stereocenters. The van der Waals surface area contributed by atoms with E-state index in [1.165, 1.54) is 0 Å². The molecule has 0 aromatic heterocycles. The Kier molecular flexibility index (Phi) is 3.47. The van der Waals surface area contributed by atoms with Crippen molar-refractivity contribution >= 4 is 0 Å². The van der Waals surface area contributed by atoms with Crippen LogP contribution in [0.5, 0.6) is 0 Å². The van der Waals surface area contributed by atoms with Crippen molar-refractivity contribution in [2.75, 3.05) is 14.2 Å². The fraction of sp³-hybridized carbons (Fsp3) is 0.333. The van der Waals surface area contributed by atoms with Gasteiger partial charge in [-0.2, -0.15) is 0 Å². The summed E-state index contributed by atoms with van der Waals surface area (Å²) < 4.78 is 9.88. The molecule has 12 heavy (non-hydrogen) atoms. The molecule has 0 spiro atoms. The summed E-state index contributed by atoms with van der Waals surface area (Å²) in [6, 6.07) is 9.85. The van der Waals surface area contributed by atoms with E-state index in [2.05, 4.69) is 0 Å². The minimum atomic E-state index is -0.624. The molecule has 0 amide bonds. The molecule has 3 heteroatoms. The Labute approximate surface area is 84.3 Å². The van der Waals surface area contributed by atoms with Gasteiger partial charge in [0.1, 0.15) is 0 Å². The maximum absolute atomic E-state index is 5.25. The molecule has 0 N–H and O–H groups in total. The molecule has 0 saturated heterocycles. The standard InChI is InChI=1S/C9H11O2.Ti/c1-10-9(11-2)8-6-4-3-5-7-8;/h3-7H,1-2H3;. The quantitative estimate of drug-likeness (QED) is 0.544. The number of methoxy groups -OCH3 is 2. The van der Waals surface area contributed by atoms with Gasteiger partial charge >= 0.3 is 84.1 Å². The molecule has 0 heterocycles. The van der Waals surface area contributed by atoms with Gasteiger partial charge in [-0.05, 0) is 0 Å². The molecule has 2 nitrogen and oxygen atoms in total. The molecule has 1 aromatic rings. The van der Waals surface area contributed by atoms with E-state index in [1.54, 1.807) is 14.2 Å². The molecule has 0 aliphatic rings. The Morgan fingerprint density at radius 1 is 1.08 bits per heavy atom. The van der Waals surface area contributed by atoms with Crippen molar-refractivity contribution < 1.29 is 29.9 Å². The first-order chi connectivity index (χ1) is 5.73. The van der Waals surface area contributed by atoms with Gasteiger partial charge in [0.25, 0.3) is 0 Å². The van der Waals surface area contributed by atoms with Crippen LogP contribution >= 0.6 is 0 Å². The molecule has 1 rings (SSSR count). The van der Waals surface area contributed by atoms with Gasteiger partial charge in [-0.1, -0.05) is 0 Å². The third kappa shape index (κ3) is 1.96. The van der Waals surface area contributed by atoms with Crippen molar-refractivity contribution in [2.24, 2.45) is 0 Å². The van der Waals surface area contributed by atoms with Crippen molar-refractivity contribution in [3.63, 3.8) is 0 Å². The summed E-state index contributed by atoms with van der Waals surface area (Å²) in [5, 5.41) is 0. The average molecular weight is 199 g/mol. The second-order valence-corrected chi connectivity index (χ2v) is 3.42. The van der Waals surface area contributed by atoms with Crippen LogP contribution in [-0.2, 0) is 34.0 Å². The third-order valence-corrected chi connectivity index (χ3v) is 2.82. The predicted octanol–water partition coefficient (Wildman–Crippen LogP) is 1.64. The third-order valence-electron chi connectivity index (χ3n) is 1.73. The number of ether oxygens (including phenoxy) is 2. The van der Waals surface area contributed by atoms with E-state index in [0.29, 0.717) is 0 Å². The Morgan fingerprint density at radius 3 is 2.00 bits per heavy atom. The zero-order chi connectivity index (χ0) is 9.03. The summed E-state index contributed by atoms with van der Waals surface area (Å²) in [5.74, 6) is 0. The average Bonchev–Trinajstić information content (AvgIpc) is 2.18. The molecule has 1 aromatic carbocycles. The monoisotopic (exact) mass is 199 g/mol. The molecular formula is C9H11O2Ti. The first-order valence-electron chi connectivity index (χ1n) is 3.64. The topological polar surface area (TPSA) is 18.5 Å². The molecule has 0 aliphatic heterocycles. The summed E-state index contributed by atoms with van der Waals surface area (Å²) in [6.07, 6.45) is 0. The summed E-state index contributed by atoms with van der Waals surface area (Å²) in [5.41, 5.74) is 1.02. The van der Waals surface area contributed by atoms with Crippen LogP contribution in [0.4, 0.5) is 0 Å². The van der Waals surface area contributed by atoms with Gasteiger partial charge in [-0.25, -0.2) is 0 Å². The molecule has 0 saturated carbocycles. The van der Waals surface area contributed by atoms with Crippen LogP contribution in [0.3, 0.4) is 0 Å². The van der Waals surface area contributed by atoms with Gasteiger partial charge in [0.15, 0.2) is 0 Å². The van der Waals surface area contributed by atoms with Crippen molar-refractivity contribution in [1.29, 1.82) is 0 Å². The van der Waals surface area contributed by atoms with E-state index in [0.717, 1.165) is 5.56 Å². The van der Waals surface area contributed by atoms with Crippen molar-refractivity contribution in [1.82, 2.24) is 0 Å². The zero-order valence-corrected chi connectivity index (χ0v) is 8.76. The van der Waals surface area contributed by atoms with Gasteiger partial charge in [-0.3, -0.25) is 0 Å². The number of hydrogen-bond acceptors (Lipinski definition) is 2. The van der Waals surface area contributed by atoms with E-state index in [-0.39, 0.29) is 0 Å². The second-order valence-electron chi connectivity index (χ2n) is 2.39. The number of rotatable bonds is 3. The van der Waals surface area contributed by atoms with Gasteiger partial charge in [0.2, 0.25) is 0 Å². The van der Waals surface area contributed by atoms with Crippen LogP contribution in [0.2, 0.25) is 0 Å². The molecule has 0 fully saturated rings. The molecular weight excluding hydrogens is 188 g/mol. The SMILES string of the molecule is CO[C]([Ti])(OC)c1ccccc1. The van der Waals surface area contributed by atoms with E-state index >= 15 is 0 Å². The molecule has 63 valence electrons. The first kappa shape index (κ1) is 9.94. The van der Waals surface area contributed by atoms with Crippen LogP contribution in [0.15, 0.2) is 30.3 Å². The van der Waals surface area contributed by atoms with Crippen molar-refractivity contribution in [2.45, 2.75) is 4.09 Å². The summed E-state index contributed by atoms with van der Waals surface area (Å²) in [6.45, 7) is 0. The van der Waals surface area contributed by atoms with E-state index in [1.807, 2.05) is 50.8 Å². The fourth-order valence-corrected chi connectivity index (χ4v) is 1.24. The Balaban J connectivity index is 2.95. The fourth-order valence-electron chi connectivity index (χ4n) is 0.977. The Hall–Kier alpha value is -0.146. The molecule has 0 atom stereocenters. The molecule has 0 aliphatic carbocycles. The van der Waals surface area contributed by atoms with Gasteiger partial charge in [0, 0.05) is 0 Å². The summed E-state index contributed by atoms with van der Waals surface area (Å²) >= 11 is 1.89. The van der Waals surface area contributed by atoms with Crippen molar-refractivity contribution in [3.05, 3.63) is 35.9 Å².